The summed E-state index contributed by atoms with van der Waals surface area (Å²) in [6, 6.07) is 9.94. The molecule has 0 spiro atoms. The standard InChI is InChI=1S/C19H13Cl2N5O3S/c20-12-3-1-2-10(16(12)21)9-15-18(28)26(19(29)30-15)7-6-22-17(27)11-4-5-13-14(8-11)24-25-23-13/h1-5,8-9H,6-7H2,(H,22,27)(H,23,24,25)/b15-9-. The fourth-order valence-electron chi connectivity index (χ4n) is 2.83. The highest BCUT2D eigenvalue weighted by molar-refractivity contribution is 8.18. The third-order valence-corrected chi connectivity index (χ3v) is 6.08. The van der Waals surface area contributed by atoms with Crippen LogP contribution < -0.4 is 5.32 Å². The molecule has 0 saturated carbocycles. The van der Waals surface area contributed by atoms with Crippen molar-refractivity contribution in [2.24, 2.45) is 0 Å². The topological polar surface area (TPSA) is 108 Å². The van der Waals surface area contributed by atoms with Crippen LogP contribution in [-0.4, -0.2) is 50.5 Å². The van der Waals surface area contributed by atoms with Crippen molar-refractivity contribution >= 4 is 69.1 Å². The molecule has 11 heteroatoms. The molecule has 30 heavy (non-hydrogen) atoms. The van der Waals surface area contributed by atoms with Crippen LogP contribution in [-0.2, 0) is 4.79 Å². The molecule has 3 aromatic rings. The van der Waals surface area contributed by atoms with Gasteiger partial charge < -0.3 is 5.32 Å². The molecule has 1 aromatic heterocycles. The Kier molecular flexibility index (Phi) is 5.76. The number of amides is 3. The Balaban J connectivity index is 1.39. The zero-order valence-corrected chi connectivity index (χ0v) is 17.5. The van der Waals surface area contributed by atoms with Gasteiger partial charge in [-0.05, 0) is 47.7 Å². The maximum absolute atomic E-state index is 12.6. The maximum Gasteiger partial charge on any atom is 0.293 e. The fourth-order valence-corrected chi connectivity index (χ4v) is 4.05. The molecular weight excluding hydrogens is 449 g/mol. The normalized spacial score (nSPS) is 15.4. The fraction of sp³-hybridized carbons (Fsp3) is 0.105. The van der Waals surface area contributed by atoms with Crippen molar-refractivity contribution in [3.05, 3.63) is 62.5 Å². The summed E-state index contributed by atoms with van der Waals surface area (Å²) in [6.45, 7) is 0.155. The lowest BCUT2D eigenvalue weighted by atomic mass is 10.2. The van der Waals surface area contributed by atoms with E-state index < -0.39 is 11.1 Å². The first-order valence-electron chi connectivity index (χ1n) is 8.72. The predicted octanol–water partition coefficient (Wildman–Crippen LogP) is 3.73. The smallest absolute Gasteiger partial charge is 0.293 e. The summed E-state index contributed by atoms with van der Waals surface area (Å²) in [7, 11) is 0. The molecule has 152 valence electrons. The number of carbonyl (C=O) groups is 3. The van der Waals surface area contributed by atoms with E-state index >= 15 is 0 Å². The molecule has 0 bridgehead atoms. The van der Waals surface area contributed by atoms with Crippen molar-refractivity contribution in [1.29, 1.82) is 0 Å². The first kappa shape index (κ1) is 20.4. The van der Waals surface area contributed by atoms with Crippen LogP contribution in [0.4, 0.5) is 4.79 Å². The third kappa shape index (κ3) is 4.04. The monoisotopic (exact) mass is 461 g/mol. The van der Waals surface area contributed by atoms with Crippen LogP contribution in [0.25, 0.3) is 17.1 Å². The summed E-state index contributed by atoms with van der Waals surface area (Å²) < 4.78 is 0. The molecule has 2 heterocycles. The zero-order valence-electron chi connectivity index (χ0n) is 15.2. The number of nitrogens with one attached hydrogen (secondary N) is 2. The van der Waals surface area contributed by atoms with Gasteiger partial charge in [-0.25, -0.2) is 0 Å². The number of carbonyl (C=O) groups excluding carboxylic acids is 3. The summed E-state index contributed by atoms with van der Waals surface area (Å²) >= 11 is 12.9. The minimum Gasteiger partial charge on any atom is -0.350 e. The van der Waals surface area contributed by atoms with Gasteiger partial charge >= 0.3 is 0 Å². The number of thioether (sulfide) groups is 1. The predicted molar refractivity (Wildman–Crippen MR) is 115 cm³/mol. The van der Waals surface area contributed by atoms with E-state index in [9.17, 15) is 14.4 Å². The van der Waals surface area contributed by atoms with Gasteiger partial charge in [0.05, 0.1) is 15.0 Å². The molecule has 1 aliphatic rings. The highest BCUT2D eigenvalue weighted by Crippen LogP contribution is 2.34. The Labute approximate surface area is 184 Å². The number of aromatic nitrogens is 3. The Morgan fingerprint density at radius 1 is 1.17 bits per heavy atom. The summed E-state index contributed by atoms with van der Waals surface area (Å²) in [5.41, 5.74) is 2.17. The van der Waals surface area contributed by atoms with Crippen LogP contribution in [0.2, 0.25) is 10.0 Å². The van der Waals surface area contributed by atoms with E-state index in [0.29, 0.717) is 32.2 Å². The number of rotatable bonds is 5. The van der Waals surface area contributed by atoms with Gasteiger partial charge in [-0.3, -0.25) is 19.3 Å². The number of benzene rings is 2. The Bertz CT molecular complexity index is 1210. The Morgan fingerprint density at radius 2 is 1.97 bits per heavy atom. The van der Waals surface area contributed by atoms with Crippen molar-refractivity contribution in [2.75, 3.05) is 13.1 Å². The van der Waals surface area contributed by atoms with Gasteiger partial charge in [0.25, 0.3) is 17.1 Å². The molecular formula is C19H13Cl2N5O3S. The SMILES string of the molecule is O=C(NCCN1C(=O)S/C(=C\c2cccc(Cl)c2Cl)C1=O)c1ccc2n[nH]nc2c1. The molecule has 0 aliphatic carbocycles. The maximum atomic E-state index is 12.6. The second kappa shape index (κ2) is 8.47. The first-order valence-corrected chi connectivity index (χ1v) is 10.3. The number of H-pyrrole nitrogens is 1. The number of halogens is 2. The summed E-state index contributed by atoms with van der Waals surface area (Å²) in [4.78, 5) is 38.5. The lowest BCUT2D eigenvalue weighted by Gasteiger charge is -2.13. The number of fused-ring (bicyclic) bond motifs is 1. The van der Waals surface area contributed by atoms with Gasteiger partial charge in [0.1, 0.15) is 11.0 Å². The first-order chi connectivity index (χ1) is 14.4. The summed E-state index contributed by atoms with van der Waals surface area (Å²) in [5, 5.41) is 13.3. The van der Waals surface area contributed by atoms with Crippen molar-refractivity contribution in [3.63, 3.8) is 0 Å². The molecule has 4 rings (SSSR count). The lowest BCUT2D eigenvalue weighted by Crippen LogP contribution is -2.37. The third-order valence-electron chi connectivity index (χ3n) is 4.34. The van der Waals surface area contributed by atoms with Crippen LogP contribution in [0, 0.1) is 0 Å². The van der Waals surface area contributed by atoms with Crippen molar-refractivity contribution in [1.82, 2.24) is 25.6 Å². The van der Waals surface area contributed by atoms with Gasteiger partial charge in [0.2, 0.25) is 0 Å². The second-order valence-corrected chi connectivity index (χ2v) is 8.04. The zero-order chi connectivity index (χ0) is 21.3. The van der Waals surface area contributed by atoms with Crippen molar-refractivity contribution in [3.8, 4) is 0 Å². The lowest BCUT2D eigenvalue weighted by molar-refractivity contribution is -0.122. The highest BCUT2D eigenvalue weighted by atomic mass is 35.5. The molecule has 8 nitrogen and oxygen atoms in total. The van der Waals surface area contributed by atoms with Crippen LogP contribution in [0.15, 0.2) is 41.3 Å². The molecule has 0 unspecified atom stereocenters. The van der Waals surface area contributed by atoms with Gasteiger partial charge in [0.15, 0.2) is 0 Å². The van der Waals surface area contributed by atoms with Crippen LogP contribution in [0.1, 0.15) is 15.9 Å². The second-order valence-electron chi connectivity index (χ2n) is 6.26. The number of hydrogen-bond acceptors (Lipinski definition) is 6. The van der Waals surface area contributed by atoms with E-state index in [1.54, 1.807) is 36.4 Å². The summed E-state index contributed by atoms with van der Waals surface area (Å²) in [6.07, 6.45) is 1.53. The molecule has 3 amide bonds. The number of imide groups is 1. The van der Waals surface area contributed by atoms with E-state index in [2.05, 4.69) is 20.7 Å². The Hall–Kier alpha value is -2.88. The largest absolute Gasteiger partial charge is 0.350 e. The molecule has 1 saturated heterocycles. The van der Waals surface area contributed by atoms with Crippen LogP contribution >= 0.6 is 35.0 Å². The molecule has 1 aliphatic heterocycles. The van der Waals surface area contributed by atoms with Crippen LogP contribution in [0.3, 0.4) is 0 Å². The minimum absolute atomic E-state index is 0.0449. The average Bonchev–Trinajstić information content (AvgIpc) is 3.30. The molecule has 2 N–H and O–H groups in total. The number of aromatic amines is 1. The van der Waals surface area contributed by atoms with E-state index in [1.807, 2.05) is 0 Å². The van der Waals surface area contributed by atoms with E-state index in [-0.39, 0.29) is 23.9 Å². The summed E-state index contributed by atoms with van der Waals surface area (Å²) in [5.74, 6) is -0.785. The van der Waals surface area contributed by atoms with E-state index in [4.69, 9.17) is 23.2 Å². The Morgan fingerprint density at radius 3 is 2.80 bits per heavy atom. The van der Waals surface area contributed by atoms with E-state index in [0.717, 1.165) is 16.7 Å². The van der Waals surface area contributed by atoms with Crippen molar-refractivity contribution in [2.45, 2.75) is 0 Å². The van der Waals surface area contributed by atoms with Gasteiger partial charge in [-0.2, -0.15) is 15.4 Å². The van der Waals surface area contributed by atoms with Gasteiger partial charge in [0, 0.05) is 18.7 Å². The average molecular weight is 462 g/mol. The number of hydrogen-bond donors (Lipinski definition) is 2. The molecule has 1 fully saturated rings. The number of nitrogens with zero attached hydrogens (tertiary/aromatic N) is 3. The van der Waals surface area contributed by atoms with Gasteiger partial charge in [-0.15, -0.1) is 0 Å². The molecule has 2 aromatic carbocycles. The minimum atomic E-state index is -0.445. The van der Waals surface area contributed by atoms with Crippen LogP contribution in [0.5, 0.6) is 0 Å². The quantitative estimate of drug-likeness (QED) is 0.560. The highest BCUT2D eigenvalue weighted by Gasteiger charge is 2.34. The van der Waals surface area contributed by atoms with Gasteiger partial charge in [-0.1, -0.05) is 35.3 Å². The van der Waals surface area contributed by atoms with E-state index in [1.165, 1.54) is 6.08 Å². The molecule has 0 radical (unpaired) electrons. The van der Waals surface area contributed by atoms with Crippen molar-refractivity contribution < 1.29 is 14.4 Å². The molecule has 0 atom stereocenters.